The van der Waals surface area contributed by atoms with Crippen LogP contribution in [0.4, 0.5) is 0 Å². The van der Waals surface area contributed by atoms with Crippen LogP contribution < -0.4 is 5.32 Å². The van der Waals surface area contributed by atoms with Gasteiger partial charge in [0.25, 0.3) is 0 Å². The first-order valence-electron chi connectivity index (χ1n) is 8.29. The zero-order valence-corrected chi connectivity index (χ0v) is 13.7. The molecule has 3 nitrogen and oxygen atoms in total. The number of hydrogen-bond acceptors (Lipinski definition) is 3. The third kappa shape index (κ3) is 3.96. The van der Waals surface area contributed by atoms with Crippen molar-refractivity contribution in [3.05, 3.63) is 0 Å². The fourth-order valence-electron chi connectivity index (χ4n) is 4.30. The smallest absolute Gasteiger partial charge is 0.105 e. The van der Waals surface area contributed by atoms with Gasteiger partial charge in [-0.25, -0.2) is 0 Å². The Morgan fingerprint density at radius 3 is 2.60 bits per heavy atom. The Morgan fingerprint density at radius 1 is 1.35 bits per heavy atom. The van der Waals surface area contributed by atoms with Gasteiger partial charge in [-0.2, -0.15) is 5.26 Å². The van der Waals surface area contributed by atoms with Gasteiger partial charge in [-0.15, -0.1) is 0 Å². The van der Waals surface area contributed by atoms with Crippen molar-refractivity contribution in [1.29, 1.82) is 5.26 Å². The van der Waals surface area contributed by atoms with Crippen LogP contribution in [0, 0.1) is 29.1 Å². The van der Waals surface area contributed by atoms with E-state index in [1.54, 1.807) is 0 Å². The Bertz CT molecular complexity index is 360. The zero-order chi connectivity index (χ0) is 14.8. The SMILES string of the molecule is CC(C)NC(C)(C#N)CCN(C)CC1CC2CCC1C2. The van der Waals surface area contributed by atoms with E-state index in [9.17, 15) is 5.26 Å². The minimum absolute atomic E-state index is 0.357. The van der Waals surface area contributed by atoms with E-state index in [4.69, 9.17) is 0 Å². The second-order valence-corrected chi connectivity index (χ2v) is 7.69. The summed E-state index contributed by atoms with van der Waals surface area (Å²) in [5, 5.41) is 12.8. The predicted octanol–water partition coefficient (Wildman–Crippen LogP) is 3.02. The number of nitrogens with zero attached hydrogens (tertiary/aromatic N) is 2. The Hall–Kier alpha value is -0.590. The Morgan fingerprint density at radius 2 is 2.10 bits per heavy atom. The molecule has 0 aromatic rings. The van der Waals surface area contributed by atoms with Gasteiger partial charge in [0, 0.05) is 19.1 Å². The van der Waals surface area contributed by atoms with Crippen LogP contribution in [0.3, 0.4) is 0 Å². The van der Waals surface area contributed by atoms with E-state index in [1.165, 1.54) is 32.2 Å². The maximum atomic E-state index is 9.39. The van der Waals surface area contributed by atoms with Crippen LogP contribution in [0.15, 0.2) is 0 Å². The molecular formula is C17H31N3. The lowest BCUT2D eigenvalue weighted by Gasteiger charge is -2.31. The second kappa shape index (κ2) is 6.45. The summed E-state index contributed by atoms with van der Waals surface area (Å²) in [7, 11) is 2.22. The minimum Gasteiger partial charge on any atom is -0.306 e. The molecule has 4 unspecified atom stereocenters. The molecule has 3 heteroatoms. The van der Waals surface area contributed by atoms with Crippen molar-refractivity contribution in [3.63, 3.8) is 0 Å². The molecule has 0 spiro atoms. The lowest BCUT2D eigenvalue weighted by molar-refractivity contribution is 0.205. The summed E-state index contributed by atoms with van der Waals surface area (Å²) in [6.45, 7) is 8.48. The molecule has 2 rings (SSSR count). The maximum absolute atomic E-state index is 9.39. The normalized spacial score (nSPS) is 31.8. The highest BCUT2D eigenvalue weighted by Crippen LogP contribution is 2.48. The average molecular weight is 277 g/mol. The monoisotopic (exact) mass is 277 g/mol. The van der Waals surface area contributed by atoms with Gasteiger partial charge in [0.1, 0.15) is 5.54 Å². The van der Waals surface area contributed by atoms with Crippen molar-refractivity contribution in [2.45, 2.75) is 64.5 Å². The number of nitriles is 1. The van der Waals surface area contributed by atoms with Gasteiger partial charge in [0.2, 0.25) is 0 Å². The third-order valence-electron chi connectivity index (χ3n) is 5.28. The molecule has 2 saturated carbocycles. The summed E-state index contributed by atoms with van der Waals surface area (Å²) in [6, 6.07) is 2.80. The standard InChI is InChI=1S/C17H31N3/c1-13(2)19-17(3,12-18)7-8-20(4)11-16-10-14-5-6-15(16)9-14/h13-16,19H,5-11H2,1-4H3. The molecule has 114 valence electrons. The van der Waals surface area contributed by atoms with Gasteiger partial charge in [-0.05, 0) is 71.3 Å². The summed E-state index contributed by atoms with van der Waals surface area (Å²) in [4.78, 5) is 2.45. The van der Waals surface area contributed by atoms with Crippen LogP contribution in [-0.2, 0) is 0 Å². The van der Waals surface area contributed by atoms with Crippen LogP contribution in [0.1, 0.15) is 52.9 Å². The summed E-state index contributed by atoms with van der Waals surface area (Å²) < 4.78 is 0. The van der Waals surface area contributed by atoms with Gasteiger partial charge in [0.05, 0.1) is 6.07 Å². The molecule has 0 heterocycles. The minimum atomic E-state index is -0.392. The molecular weight excluding hydrogens is 246 g/mol. The molecule has 2 aliphatic rings. The lowest BCUT2D eigenvalue weighted by atomic mass is 9.88. The molecule has 0 saturated heterocycles. The van der Waals surface area contributed by atoms with E-state index in [2.05, 4.69) is 37.2 Å². The van der Waals surface area contributed by atoms with Crippen LogP contribution in [0.2, 0.25) is 0 Å². The van der Waals surface area contributed by atoms with E-state index in [1.807, 2.05) is 6.92 Å². The van der Waals surface area contributed by atoms with Crippen LogP contribution in [0.25, 0.3) is 0 Å². The van der Waals surface area contributed by atoms with Crippen molar-refractivity contribution >= 4 is 0 Å². The average Bonchev–Trinajstić information content (AvgIpc) is 2.98. The number of nitrogens with one attached hydrogen (secondary N) is 1. The molecule has 0 amide bonds. The Balaban J connectivity index is 1.74. The highest BCUT2D eigenvalue weighted by Gasteiger charge is 2.39. The largest absolute Gasteiger partial charge is 0.306 e. The molecule has 2 aliphatic carbocycles. The first-order chi connectivity index (χ1) is 9.42. The van der Waals surface area contributed by atoms with E-state index >= 15 is 0 Å². The van der Waals surface area contributed by atoms with Crippen molar-refractivity contribution in [3.8, 4) is 6.07 Å². The molecule has 2 bridgehead atoms. The zero-order valence-electron chi connectivity index (χ0n) is 13.7. The maximum Gasteiger partial charge on any atom is 0.105 e. The van der Waals surface area contributed by atoms with Crippen molar-refractivity contribution in [2.75, 3.05) is 20.1 Å². The predicted molar refractivity (Wildman–Crippen MR) is 83.3 cm³/mol. The summed E-state index contributed by atoms with van der Waals surface area (Å²) in [5.41, 5.74) is -0.392. The van der Waals surface area contributed by atoms with E-state index in [-0.39, 0.29) is 0 Å². The van der Waals surface area contributed by atoms with E-state index in [0.29, 0.717) is 6.04 Å². The third-order valence-corrected chi connectivity index (χ3v) is 5.28. The summed E-state index contributed by atoms with van der Waals surface area (Å²) in [6.07, 6.45) is 6.79. The topological polar surface area (TPSA) is 39.1 Å². The van der Waals surface area contributed by atoms with Gasteiger partial charge < -0.3 is 4.90 Å². The van der Waals surface area contributed by atoms with Crippen molar-refractivity contribution in [1.82, 2.24) is 10.2 Å². The molecule has 0 radical (unpaired) electrons. The van der Waals surface area contributed by atoms with Crippen LogP contribution >= 0.6 is 0 Å². The Labute approximate surface area is 124 Å². The first-order valence-corrected chi connectivity index (χ1v) is 8.29. The Kier molecular flexibility index (Phi) is 5.09. The van der Waals surface area contributed by atoms with Gasteiger partial charge in [-0.3, -0.25) is 5.32 Å². The fraction of sp³-hybridized carbons (Fsp3) is 0.941. The number of rotatable bonds is 7. The molecule has 20 heavy (non-hydrogen) atoms. The van der Waals surface area contributed by atoms with Gasteiger partial charge >= 0.3 is 0 Å². The quantitative estimate of drug-likeness (QED) is 0.777. The summed E-state index contributed by atoms with van der Waals surface area (Å²) in [5.74, 6) is 2.95. The molecule has 2 fully saturated rings. The van der Waals surface area contributed by atoms with Gasteiger partial charge in [0.15, 0.2) is 0 Å². The van der Waals surface area contributed by atoms with Crippen molar-refractivity contribution < 1.29 is 0 Å². The highest BCUT2D eigenvalue weighted by molar-refractivity contribution is 5.04. The van der Waals surface area contributed by atoms with E-state index in [0.717, 1.165) is 30.7 Å². The van der Waals surface area contributed by atoms with Crippen molar-refractivity contribution in [2.24, 2.45) is 17.8 Å². The molecule has 4 atom stereocenters. The van der Waals surface area contributed by atoms with Crippen LogP contribution in [-0.4, -0.2) is 36.6 Å². The number of hydrogen-bond donors (Lipinski definition) is 1. The second-order valence-electron chi connectivity index (χ2n) is 7.69. The molecule has 0 aromatic heterocycles. The van der Waals surface area contributed by atoms with Gasteiger partial charge in [-0.1, -0.05) is 6.42 Å². The molecule has 0 aliphatic heterocycles. The summed E-state index contributed by atoms with van der Waals surface area (Å²) >= 11 is 0. The number of fused-ring (bicyclic) bond motifs is 2. The first kappa shape index (κ1) is 15.8. The fourth-order valence-corrected chi connectivity index (χ4v) is 4.30. The van der Waals surface area contributed by atoms with Crippen LogP contribution in [0.5, 0.6) is 0 Å². The highest BCUT2D eigenvalue weighted by atomic mass is 15.1. The molecule has 0 aromatic carbocycles. The molecule has 1 N–H and O–H groups in total. The lowest BCUT2D eigenvalue weighted by Crippen LogP contribution is -2.47. The van der Waals surface area contributed by atoms with E-state index < -0.39 is 5.54 Å².